The molecule has 0 amide bonds. The van der Waals surface area contributed by atoms with Crippen molar-refractivity contribution >= 4 is 11.6 Å². The molecule has 0 radical (unpaired) electrons. The van der Waals surface area contributed by atoms with E-state index in [-0.39, 0.29) is 18.2 Å². The summed E-state index contributed by atoms with van der Waals surface area (Å²) in [5.41, 5.74) is -1.13. The van der Waals surface area contributed by atoms with Crippen LogP contribution >= 0.6 is 0 Å². The van der Waals surface area contributed by atoms with E-state index in [1.54, 1.807) is 6.92 Å². The summed E-state index contributed by atoms with van der Waals surface area (Å²) in [7, 11) is 2.96. The Labute approximate surface area is 120 Å². The van der Waals surface area contributed by atoms with Gasteiger partial charge in [0.05, 0.1) is 5.60 Å². The molecule has 1 heterocycles. The number of anilines is 2. The third-order valence-electron chi connectivity index (χ3n) is 2.73. The van der Waals surface area contributed by atoms with Crippen molar-refractivity contribution in [1.82, 2.24) is 9.97 Å². The lowest BCUT2D eigenvalue weighted by atomic mass is 10.0. The normalized spacial score (nSPS) is 14.6. The molecule has 0 aliphatic rings. The molecule has 3 N–H and O–H groups in total. The molecule has 0 spiro atoms. The first-order valence-electron chi connectivity index (χ1n) is 6.27. The van der Waals surface area contributed by atoms with Gasteiger partial charge in [-0.25, -0.2) is 9.97 Å². The second kappa shape index (κ2) is 6.90. The molecule has 0 fully saturated rings. The number of aromatic nitrogens is 2. The molecule has 1 aromatic heterocycles. The summed E-state index contributed by atoms with van der Waals surface area (Å²) in [6.07, 6.45) is -4.30. The van der Waals surface area contributed by atoms with Crippen molar-refractivity contribution in [2.45, 2.75) is 25.1 Å². The van der Waals surface area contributed by atoms with Crippen LogP contribution in [0.4, 0.5) is 24.8 Å². The zero-order valence-corrected chi connectivity index (χ0v) is 12.1. The van der Waals surface area contributed by atoms with Gasteiger partial charge in [-0.2, -0.15) is 13.2 Å². The van der Waals surface area contributed by atoms with Gasteiger partial charge in [0.25, 0.3) is 0 Å². The Kier molecular flexibility index (Phi) is 5.73. The van der Waals surface area contributed by atoms with Gasteiger partial charge in [-0.05, 0) is 6.92 Å². The lowest BCUT2D eigenvalue weighted by Crippen LogP contribution is -2.35. The summed E-state index contributed by atoms with van der Waals surface area (Å²) in [5.74, 6) is -1.22. The van der Waals surface area contributed by atoms with E-state index in [1.165, 1.54) is 20.2 Å². The number of methoxy groups -OCH3 is 1. The monoisotopic (exact) mass is 308 g/mol. The van der Waals surface area contributed by atoms with Crippen LogP contribution in [0.25, 0.3) is 0 Å². The van der Waals surface area contributed by atoms with Crippen LogP contribution in [0.5, 0.6) is 0 Å². The molecule has 9 heteroatoms. The molecule has 120 valence electrons. The number of alkyl halides is 3. The van der Waals surface area contributed by atoms with Crippen LogP contribution in [0.2, 0.25) is 0 Å². The molecule has 1 atom stereocenters. The molecule has 21 heavy (non-hydrogen) atoms. The summed E-state index contributed by atoms with van der Waals surface area (Å²) < 4.78 is 42.9. The van der Waals surface area contributed by atoms with E-state index in [4.69, 9.17) is 4.74 Å². The molecular formula is C12H19F3N4O2. The number of rotatable bonds is 7. The fourth-order valence-electron chi connectivity index (χ4n) is 1.48. The Morgan fingerprint density at radius 2 is 1.90 bits per heavy atom. The number of aliphatic hydroxyl groups is 1. The molecule has 6 nitrogen and oxygen atoms in total. The van der Waals surface area contributed by atoms with Crippen molar-refractivity contribution in [3.05, 3.63) is 11.9 Å². The predicted molar refractivity (Wildman–Crippen MR) is 72.2 cm³/mol. The van der Waals surface area contributed by atoms with E-state index in [2.05, 4.69) is 20.6 Å². The molecule has 1 rings (SSSR count). The van der Waals surface area contributed by atoms with Crippen molar-refractivity contribution in [3.8, 4) is 0 Å². The molecule has 1 aromatic rings. The molecule has 0 aliphatic carbocycles. The maximum absolute atomic E-state index is 12.7. The van der Waals surface area contributed by atoms with E-state index in [1.807, 2.05) is 0 Å². The molecule has 0 aliphatic heterocycles. The topological polar surface area (TPSA) is 79.3 Å². The third kappa shape index (κ3) is 5.72. The van der Waals surface area contributed by atoms with E-state index in [9.17, 15) is 18.3 Å². The SMILES string of the molecule is CNc1cc(NCC(C)(O)CCOC)nc(C(F)(F)F)n1. The van der Waals surface area contributed by atoms with E-state index in [0.29, 0.717) is 13.0 Å². The number of hydrogen-bond donors (Lipinski definition) is 3. The Morgan fingerprint density at radius 1 is 1.29 bits per heavy atom. The summed E-state index contributed by atoms with van der Waals surface area (Å²) in [5, 5.41) is 15.3. The van der Waals surface area contributed by atoms with Crippen LogP contribution in [0.15, 0.2) is 6.07 Å². The van der Waals surface area contributed by atoms with Crippen LogP contribution in [0.3, 0.4) is 0 Å². The van der Waals surface area contributed by atoms with Gasteiger partial charge in [0.2, 0.25) is 5.82 Å². The smallest absolute Gasteiger partial charge is 0.388 e. The number of hydrogen-bond acceptors (Lipinski definition) is 6. The summed E-state index contributed by atoms with van der Waals surface area (Å²) in [6, 6.07) is 1.33. The minimum absolute atomic E-state index is 0.0145. The molecule has 0 saturated carbocycles. The second-order valence-electron chi connectivity index (χ2n) is 4.80. The highest BCUT2D eigenvalue weighted by Gasteiger charge is 2.35. The van der Waals surface area contributed by atoms with Gasteiger partial charge >= 0.3 is 6.18 Å². The number of ether oxygens (including phenoxy) is 1. The van der Waals surface area contributed by atoms with Gasteiger partial charge in [-0.3, -0.25) is 0 Å². The lowest BCUT2D eigenvalue weighted by molar-refractivity contribution is -0.144. The van der Waals surface area contributed by atoms with Gasteiger partial charge in [0, 0.05) is 39.8 Å². The van der Waals surface area contributed by atoms with Crippen molar-refractivity contribution in [3.63, 3.8) is 0 Å². The number of nitrogens with one attached hydrogen (secondary N) is 2. The number of halogens is 3. The first-order valence-corrected chi connectivity index (χ1v) is 6.27. The van der Waals surface area contributed by atoms with Crippen molar-refractivity contribution < 1.29 is 23.0 Å². The van der Waals surface area contributed by atoms with Crippen LogP contribution in [-0.2, 0) is 10.9 Å². The highest BCUT2D eigenvalue weighted by molar-refractivity contribution is 5.47. The van der Waals surface area contributed by atoms with Crippen LogP contribution < -0.4 is 10.6 Å². The van der Waals surface area contributed by atoms with Crippen molar-refractivity contribution in [2.24, 2.45) is 0 Å². The van der Waals surface area contributed by atoms with Gasteiger partial charge in [0.15, 0.2) is 0 Å². The Hall–Kier alpha value is -1.61. The van der Waals surface area contributed by atoms with Gasteiger partial charge in [-0.15, -0.1) is 0 Å². The van der Waals surface area contributed by atoms with E-state index >= 15 is 0 Å². The predicted octanol–water partition coefficient (Wildman–Crippen LogP) is 1.74. The van der Waals surface area contributed by atoms with Gasteiger partial charge in [-0.1, -0.05) is 0 Å². The largest absolute Gasteiger partial charge is 0.451 e. The van der Waals surface area contributed by atoms with Gasteiger partial charge in [0.1, 0.15) is 11.6 Å². The zero-order valence-electron chi connectivity index (χ0n) is 12.1. The van der Waals surface area contributed by atoms with Crippen LogP contribution in [-0.4, -0.2) is 48.0 Å². The van der Waals surface area contributed by atoms with E-state index in [0.717, 1.165) is 0 Å². The summed E-state index contributed by atoms with van der Waals surface area (Å²) in [4.78, 5) is 6.75. The van der Waals surface area contributed by atoms with Crippen LogP contribution in [0, 0.1) is 0 Å². The molecule has 1 unspecified atom stereocenters. The van der Waals surface area contributed by atoms with Crippen molar-refractivity contribution in [1.29, 1.82) is 0 Å². The quantitative estimate of drug-likeness (QED) is 0.712. The first-order chi connectivity index (χ1) is 9.68. The maximum atomic E-state index is 12.7. The summed E-state index contributed by atoms with van der Waals surface area (Å²) in [6.45, 7) is 1.94. The average Bonchev–Trinajstić information content (AvgIpc) is 2.42. The Bertz CT molecular complexity index is 466. The Morgan fingerprint density at radius 3 is 2.43 bits per heavy atom. The van der Waals surface area contributed by atoms with Crippen LogP contribution in [0.1, 0.15) is 19.2 Å². The third-order valence-corrected chi connectivity index (χ3v) is 2.73. The Balaban J connectivity index is 2.83. The van der Waals surface area contributed by atoms with Gasteiger partial charge < -0.3 is 20.5 Å². The maximum Gasteiger partial charge on any atom is 0.451 e. The minimum Gasteiger partial charge on any atom is -0.388 e. The second-order valence-corrected chi connectivity index (χ2v) is 4.80. The fourth-order valence-corrected chi connectivity index (χ4v) is 1.48. The molecule has 0 saturated heterocycles. The fraction of sp³-hybridized carbons (Fsp3) is 0.667. The molecule has 0 aromatic carbocycles. The summed E-state index contributed by atoms with van der Waals surface area (Å²) >= 11 is 0. The van der Waals surface area contributed by atoms with E-state index < -0.39 is 17.6 Å². The molecule has 0 bridgehead atoms. The highest BCUT2D eigenvalue weighted by atomic mass is 19.4. The minimum atomic E-state index is -4.64. The lowest BCUT2D eigenvalue weighted by Gasteiger charge is -2.23. The highest BCUT2D eigenvalue weighted by Crippen LogP contribution is 2.28. The number of nitrogens with zero attached hydrogens (tertiary/aromatic N) is 2. The zero-order chi connectivity index (χ0) is 16.1. The van der Waals surface area contributed by atoms with Crippen molar-refractivity contribution in [2.75, 3.05) is 37.9 Å². The molecular weight excluding hydrogens is 289 g/mol. The standard InChI is InChI=1S/C12H19F3N4O2/c1-11(20,4-5-21-3)7-17-9-6-8(16-2)18-10(19-9)12(13,14)15/h6,20H,4-5,7H2,1-3H3,(H2,16,17,18,19). The average molecular weight is 308 g/mol. The first kappa shape index (κ1) is 17.4.